The van der Waals surface area contributed by atoms with Gasteiger partial charge in [0.1, 0.15) is 28.2 Å². The largest absolute Gasteiger partial charge is 0.359 e. The van der Waals surface area contributed by atoms with Crippen LogP contribution in [-0.4, -0.2) is 54.0 Å². The van der Waals surface area contributed by atoms with Gasteiger partial charge in [0, 0.05) is 47.5 Å². The van der Waals surface area contributed by atoms with Gasteiger partial charge >= 0.3 is 0 Å². The molecule has 1 amide bonds. The van der Waals surface area contributed by atoms with E-state index in [1.807, 2.05) is 47.4 Å². The molecule has 5 heterocycles. The molecule has 42 heavy (non-hydrogen) atoms. The Balaban J connectivity index is 1.05. The molecule has 0 saturated carbocycles. The van der Waals surface area contributed by atoms with Crippen molar-refractivity contribution in [1.82, 2.24) is 35.0 Å². The van der Waals surface area contributed by atoms with Crippen LogP contribution in [0.15, 0.2) is 76.8 Å². The first kappa shape index (κ1) is 26.4. The lowest BCUT2D eigenvalue weighted by Gasteiger charge is -2.31. The lowest BCUT2D eigenvalue weighted by atomic mass is 9.92. The average Bonchev–Trinajstić information content (AvgIpc) is 3.78. The number of aromatic nitrogens is 6. The molecule has 4 aromatic heterocycles. The molecular formula is C30H23ClFN7O2S. The topological polar surface area (TPSA) is 103 Å². The fourth-order valence-electron chi connectivity index (χ4n) is 5.29. The number of halogens is 2. The number of carbonyl (C=O) groups excluding carboxylic acids is 1. The van der Waals surface area contributed by atoms with E-state index in [9.17, 15) is 9.18 Å². The highest BCUT2D eigenvalue weighted by Gasteiger charge is 2.28. The Hall–Kier alpha value is -4.48. The third-order valence-corrected chi connectivity index (χ3v) is 8.59. The number of likely N-dealkylation sites (tertiary alicyclic amines) is 1. The van der Waals surface area contributed by atoms with Gasteiger partial charge in [-0.1, -0.05) is 52.3 Å². The summed E-state index contributed by atoms with van der Waals surface area (Å²) < 4.78 is 21.4. The van der Waals surface area contributed by atoms with Crippen molar-refractivity contribution in [3.63, 3.8) is 0 Å². The van der Waals surface area contributed by atoms with Crippen molar-refractivity contribution >= 4 is 39.7 Å². The summed E-state index contributed by atoms with van der Waals surface area (Å²) in [5.74, 6) is 0.355. The maximum absolute atomic E-state index is 14.1. The van der Waals surface area contributed by atoms with Crippen LogP contribution in [0.25, 0.3) is 32.9 Å². The molecule has 7 rings (SSSR count). The fraction of sp³-hybridized carbons (Fsp3) is 0.200. The van der Waals surface area contributed by atoms with Gasteiger partial charge in [0.2, 0.25) is 0 Å². The third-order valence-electron chi connectivity index (χ3n) is 7.40. The van der Waals surface area contributed by atoms with Crippen molar-refractivity contribution in [1.29, 1.82) is 0 Å². The molecule has 0 N–H and O–H groups in total. The second-order valence-corrected chi connectivity index (χ2v) is 11.4. The molecule has 0 aliphatic carbocycles. The van der Waals surface area contributed by atoms with Crippen LogP contribution in [0.4, 0.5) is 4.39 Å². The standard InChI is InChI=1S/C30H23ClFN7O2S/c31-28-17-42-29(34-28)27-16-39(37-35-27)15-21-13-25(36-41-21)19-8-10-38(11-9-19)30(40)23-14-24(18-4-2-1-3-5-18)33-26-12-20(32)6-7-22(23)26/h1-7,12-14,16-17,19H,8-11,15H2. The monoisotopic (exact) mass is 599 g/mol. The van der Waals surface area contributed by atoms with Crippen molar-refractivity contribution in [2.75, 3.05) is 13.1 Å². The van der Waals surface area contributed by atoms with E-state index in [-0.39, 0.29) is 17.6 Å². The number of piperidine rings is 1. The number of amides is 1. The summed E-state index contributed by atoms with van der Waals surface area (Å²) in [7, 11) is 0. The molecular weight excluding hydrogens is 577 g/mol. The van der Waals surface area contributed by atoms with Crippen LogP contribution in [-0.2, 0) is 6.54 Å². The molecule has 1 saturated heterocycles. The molecule has 1 fully saturated rings. The van der Waals surface area contributed by atoms with Gasteiger partial charge < -0.3 is 9.42 Å². The summed E-state index contributed by atoms with van der Waals surface area (Å²) in [5, 5.41) is 16.2. The van der Waals surface area contributed by atoms with Crippen LogP contribution >= 0.6 is 22.9 Å². The van der Waals surface area contributed by atoms with E-state index in [2.05, 4.69) is 25.4 Å². The number of nitrogens with zero attached hydrogens (tertiary/aromatic N) is 7. The van der Waals surface area contributed by atoms with Gasteiger partial charge in [-0.25, -0.2) is 19.0 Å². The SMILES string of the molecule is O=C(c1cc(-c2ccccc2)nc2cc(F)ccc12)N1CCC(c2cc(Cn3cc(-c4nc(Cl)cs4)nn3)on2)CC1. The molecule has 0 bridgehead atoms. The van der Waals surface area contributed by atoms with Crippen molar-refractivity contribution < 1.29 is 13.7 Å². The quantitative estimate of drug-likeness (QED) is 0.216. The summed E-state index contributed by atoms with van der Waals surface area (Å²) in [4.78, 5) is 24.5. The van der Waals surface area contributed by atoms with Gasteiger partial charge in [-0.15, -0.1) is 16.4 Å². The maximum Gasteiger partial charge on any atom is 0.254 e. The Labute approximate surface area is 248 Å². The first-order valence-electron chi connectivity index (χ1n) is 13.4. The minimum atomic E-state index is -0.389. The predicted octanol–water partition coefficient (Wildman–Crippen LogP) is 6.47. The van der Waals surface area contributed by atoms with Crippen LogP contribution in [0.5, 0.6) is 0 Å². The minimum Gasteiger partial charge on any atom is -0.359 e. The van der Waals surface area contributed by atoms with E-state index in [0.717, 1.165) is 24.1 Å². The molecule has 6 aromatic rings. The highest BCUT2D eigenvalue weighted by atomic mass is 35.5. The molecule has 1 aliphatic heterocycles. The third kappa shape index (κ3) is 5.28. The van der Waals surface area contributed by atoms with Crippen molar-refractivity contribution in [2.24, 2.45) is 0 Å². The van der Waals surface area contributed by atoms with Crippen LogP contribution in [0.1, 0.15) is 40.6 Å². The van der Waals surface area contributed by atoms with Gasteiger partial charge in [-0.3, -0.25) is 4.79 Å². The first-order valence-corrected chi connectivity index (χ1v) is 14.7. The number of fused-ring (bicyclic) bond motifs is 1. The number of carbonyl (C=O) groups is 1. The van der Waals surface area contributed by atoms with Crippen LogP contribution in [0.2, 0.25) is 5.15 Å². The minimum absolute atomic E-state index is 0.0889. The Morgan fingerprint density at radius 3 is 2.67 bits per heavy atom. The summed E-state index contributed by atoms with van der Waals surface area (Å²) in [6.45, 7) is 1.52. The zero-order valence-electron chi connectivity index (χ0n) is 22.2. The van der Waals surface area contributed by atoms with Crippen molar-refractivity contribution in [2.45, 2.75) is 25.3 Å². The van der Waals surface area contributed by atoms with Crippen LogP contribution in [0, 0.1) is 5.82 Å². The second kappa shape index (κ2) is 11.1. The molecule has 0 atom stereocenters. The molecule has 0 radical (unpaired) electrons. The first-order chi connectivity index (χ1) is 20.5. The second-order valence-electron chi connectivity index (χ2n) is 10.1. The van der Waals surface area contributed by atoms with Gasteiger partial charge in [0.05, 0.1) is 28.7 Å². The normalized spacial score (nSPS) is 14.1. The van der Waals surface area contributed by atoms with E-state index in [1.165, 1.54) is 23.5 Å². The van der Waals surface area contributed by atoms with E-state index in [0.29, 0.717) is 63.4 Å². The van der Waals surface area contributed by atoms with Gasteiger partial charge in [0.25, 0.3) is 5.91 Å². The molecule has 12 heteroatoms. The Morgan fingerprint density at radius 1 is 1.05 bits per heavy atom. The highest BCUT2D eigenvalue weighted by Crippen LogP contribution is 2.31. The lowest BCUT2D eigenvalue weighted by Crippen LogP contribution is -2.38. The van der Waals surface area contributed by atoms with Crippen molar-refractivity contribution in [3.05, 3.63) is 100 Å². The summed E-state index contributed by atoms with van der Waals surface area (Å²) >= 11 is 7.33. The Bertz CT molecular complexity index is 1900. The molecule has 0 unspecified atom stereocenters. The smallest absolute Gasteiger partial charge is 0.254 e. The van der Waals surface area contributed by atoms with E-state index < -0.39 is 0 Å². The molecule has 1 aliphatic rings. The highest BCUT2D eigenvalue weighted by molar-refractivity contribution is 7.13. The number of hydrogen-bond donors (Lipinski definition) is 0. The zero-order valence-corrected chi connectivity index (χ0v) is 23.7. The summed E-state index contributed by atoms with van der Waals surface area (Å²) in [5.41, 5.74) is 3.99. The van der Waals surface area contributed by atoms with Crippen molar-refractivity contribution in [3.8, 4) is 22.0 Å². The Morgan fingerprint density at radius 2 is 1.88 bits per heavy atom. The predicted molar refractivity (Wildman–Crippen MR) is 157 cm³/mol. The molecule has 9 nitrogen and oxygen atoms in total. The number of hydrogen-bond acceptors (Lipinski definition) is 8. The van der Waals surface area contributed by atoms with E-state index >= 15 is 0 Å². The number of thiazole rings is 1. The fourth-order valence-corrected chi connectivity index (χ4v) is 6.18. The number of rotatable bonds is 6. The zero-order chi connectivity index (χ0) is 28.6. The molecule has 0 spiro atoms. The van der Waals surface area contributed by atoms with E-state index in [1.54, 1.807) is 22.3 Å². The van der Waals surface area contributed by atoms with Gasteiger partial charge in [0.15, 0.2) is 5.76 Å². The van der Waals surface area contributed by atoms with Crippen LogP contribution < -0.4 is 0 Å². The maximum atomic E-state index is 14.1. The molecule has 210 valence electrons. The summed E-state index contributed by atoms with van der Waals surface area (Å²) in [6, 6.07) is 17.7. The lowest BCUT2D eigenvalue weighted by molar-refractivity contribution is 0.0713. The number of benzene rings is 2. The van der Waals surface area contributed by atoms with Gasteiger partial charge in [-0.05, 0) is 31.0 Å². The Kier molecular flexibility index (Phi) is 6.96. The van der Waals surface area contributed by atoms with E-state index in [4.69, 9.17) is 16.1 Å². The summed E-state index contributed by atoms with van der Waals surface area (Å²) in [6.07, 6.45) is 3.29. The molecule has 2 aromatic carbocycles. The van der Waals surface area contributed by atoms with Crippen LogP contribution in [0.3, 0.4) is 0 Å². The number of pyridine rings is 1. The average molecular weight is 600 g/mol. The van der Waals surface area contributed by atoms with Gasteiger partial charge in [-0.2, -0.15) is 0 Å².